The van der Waals surface area contributed by atoms with E-state index in [4.69, 9.17) is 10.5 Å². The largest absolute Gasteiger partial charge is 0.508 e. The van der Waals surface area contributed by atoms with E-state index in [1.165, 1.54) is 0 Å². The molecule has 0 saturated heterocycles. The average molecular weight is 323 g/mol. The average Bonchev–Trinajstić information content (AvgIpc) is 2.58. The van der Waals surface area contributed by atoms with Crippen LogP contribution in [0, 0.1) is 6.92 Å². The van der Waals surface area contributed by atoms with Crippen LogP contribution >= 0.6 is 0 Å². The third-order valence-corrected chi connectivity index (χ3v) is 3.45. The number of nitrogens with zero attached hydrogens (tertiary/aromatic N) is 3. The molecule has 0 aliphatic heterocycles. The van der Waals surface area contributed by atoms with Crippen LogP contribution in [0.1, 0.15) is 5.56 Å². The summed E-state index contributed by atoms with van der Waals surface area (Å²) in [6.45, 7) is 1.81. The minimum atomic E-state index is 0.119. The summed E-state index contributed by atoms with van der Waals surface area (Å²) in [4.78, 5) is 12.7. The topological polar surface area (TPSA) is 106 Å². The molecule has 0 bridgehead atoms. The molecule has 0 aliphatic rings. The molecule has 3 aromatic rings. The van der Waals surface area contributed by atoms with Crippen molar-refractivity contribution in [1.82, 2.24) is 15.0 Å². The number of nitrogens with two attached hydrogens (primary N) is 1. The Morgan fingerprint density at radius 3 is 2.46 bits per heavy atom. The fourth-order valence-corrected chi connectivity index (χ4v) is 2.18. The molecule has 1 aromatic heterocycles. The minimum Gasteiger partial charge on any atom is -0.508 e. The van der Waals surface area contributed by atoms with Crippen molar-refractivity contribution in [2.45, 2.75) is 6.92 Å². The number of nitrogens with one attached hydrogen (secondary N) is 1. The Hall–Kier alpha value is -3.35. The van der Waals surface area contributed by atoms with Crippen LogP contribution < -0.4 is 15.8 Å². The lowest BCUT2D eigenvalue weighted by Gasteiger charge is -2.09. The highest BCUT2D eigenvalue weighted by Crippen LogP contribution is 2.24. The second-order valence-electron chi connectivity index (χ2n) is 5.20. The van der Waals surface area contributed by atoms with Gasteiger partial charge in [0.25, 0.3) is 0 Å². The third-order valence-electron chi connectivity index (χ3n) is 3.45. The lowest BCUT2D eigenvalue weighted by atomic mass is 10.2. The Balaban J connectivity index is 1.91. The van der Waals surface area contributed by atoms with E-state index in [1.807, 2.05) is 31.2 Å². The quantitative estimate of drug-likeness (QED) is 0.634. The second kappa shape index (κ2) is 6.41. The van der Waals surface area contributed by atoms with Gasteiger partial charge in [0.1, 0.15) is 11.5 Å². The molecule has 3 rings (SSSR count). The van der Waals surface area contributed by atoms with Crippen molar-refractivity contribution in [3.8, 4) is 22.9 Å². The molecule has 0 atom stereocenters. The highest BCUT2D eigenvalue weighted by molar-refractivity contribution is 5.62. The maximum absolute atomic E-state index is 9.59. The van der Waals surface area contributed by atoms with Gasteiger partial charge >= 0.3 is 0 Å². The van der Waals surface area contributed by atoms with Gasteiger partial charge in [-0.3, -0.25) is 0 Å². The molecule has 122 valence electrons. The van der Waals surface area contributed by atoms with Crippen molar-refractivity contribution in [3.63, 3.8) is 0 Å². The van der Waals surface area contributed by atoms with E-state index in [2.05, 4.69) is 20.3 Å². The SMILES string of the molecule is COc1ccc(-c2nc(N)nc(Nc3ccc(O)c(C)c3)n2)cc1. The summed E-state index contributed by atoms with van der Waals surface area (Å²) in [5.74, 6) is 1.89. The highest BCUT2D eigenvalue weighted by Gasteiger charge is 2.08. The number of hydrogen-bond acceptors (Lipinski definition) is 7. The summed E-state index contributed by atoms with van der Waals surface area (Å²) in [6.07, 6.45) is 0. The van der Waals surface area contributed by atoms with Crippen LogP contribution in [-0.4, -0.2) is 27.2 Å². The van der Waals surface area contributed by atoms with Gasteiger partial charge in [0.15, 0.2) is 5.82 Å². The molecule has 0 amide bonds. The Bertz CT molecular complexity index is 865. The lowest BCUT2D eigenvalue weighted by Crippen LogP contribution is -2.05. The molecule has 0 saturated carbocycles. The van der Waals surface area contributed by atoms with E-state index in [1.54, 1.807) is 25.3 Å². The van der Waals surface area contributed by atoms with Crippen LogP contribution in [0.4, 0.5) is 17.6 Å². The van der Waals surface area contributed by atoms with Gasteiger partial charge in [-0.2, -0.15) is 15.0 Å². The number of aryl methyl sites for hydroxylation is 1. The number of methoxy groups -OCH3 is 1. The molecule has 7 nitrogen and oxygen atoms in total. The fraction of sp³-hybridized carbons (Fsp3) is 0.118. The summed E-state index contributed by atoms with van der Waals surface area (Å²) in [6, 6.07) is 12.5. The molecule has 7 heteroatoms. The van der Waals surface area contributed by atoms with Gasteiger partial charge in [-0.25, -0.2) is 0 Å². The maximum Gasteiger partial charge on any atom is 0.232 e. The molecule has 4 N–H and O–H groups in total. The molecule has 2 aromatic carbocycles. The first-order valence-electron chi connectivity index (χ1n) is 7.28. The van der Waals surface area contributed by atoms with E-state index in [-0.39, 0.29) is 11.7 Å². The van der Waals surface area contributed by atoms with E-state index in [9.17, 15) is 5.11 Å². The zero-order valence-electron chi connectivity index (χ0n) is 13.3. The third kappa shape index (κ3) is 3.35. The number of phenols is 1. The maximum atomic E-state index is 9.59. The summed E-state index contributed by atoms with van der Waals surface area (Å²) >= 11 is 0. The number of rotatable bonds is 4. The number of nitrogen functional groups attached to an aromatic ring is 1. The van der Waals surface area contributed by atoms with Crippen LogP contribution in [0.15, 0.2) is 42.5 Å². The van der Waals surface area contributed by atoms with Crippen LogP contribution in [0.3, 0.4) is 0 Å². The minimum absolute atomic E-state index is 0.119. The van der Waals surface area contributed by atoms with Crippen molar-refractivity contribution in [2.24, 2.45) is 0 Å². The molecule has 0 radical (unpaired) electrons. The molecular weight excluding hydrogens is 306 g/mol. The first kappa shape index (κ1) is 15.5. The molecular formula is C17H17N5O2. The second-order valence-corrected chi connectivity index (χ2v) is 5.20. The number of hydrogen-bond donors (Lipinski definition) is 3. The number of benzene rings is 2. The van der Waals surface area contributed by atoms with Crippen molar-refractivity contribution in [1.29, 1.82) is 0 Å². The monoisotopic (exact) mass is 323 g/mol. The summed E-state index contributed by atoms with van der Waals surface area (Å²) in [5, 5.41) is 12.7. The Morgan fingerprint density at radius 1 is 1.04 bits per heavy atom. The number of aromatic hydroxyl groups is 1. The van der Waals surface area contributed by atoms with E-state index in [0.29, 0.717) is 11.8 Å². The van der Waals surface area contributed by atoms with Gasteiger partial charge in [-0.1, -0.05) is 0 Å². The number of phenolic OH excluding ortho intramolecular Hbond substituents is 1. The summed E-state index contributed by atoms with van der Waals surface area (Å²) in [5.41, 5.74) is 8.09. The van der Waals surface area contributed by atoms with Crippen molar-refractivity contribution >= 4 is 17.6 Å². The van der Waals surface area contributed by atoms with Gasteiger partial charge in [0.2, 0.25) is 11.9 Å². The van der Waals surface area contributed by atoms with Crippen LogP contribution in [0.25, 0.3) is 11.4 Å². The summed E-state index contributed by atoms with van der Waals surface area (Å²) < 4.78 is 5.14. The van der Waals surface area contributed by atoms with Crippen LogP contribution in [0.5, 0.6) is 11.5 Å². The van der Waals surface area contributed by atoms with Gasteiger partial charge in [-0.15, -0.1) is 0 Å². The predicted molar refractivity (Wildman–Crippen MR) is 92.4 cm³/mol. The Morgan fingerprint density at radius 2 is 1.79 bits per heavy atom. The first-order chi connectivity index (χ1) is 11.5. The number of ether oxygens (including phenoxy) is 1. The zero-order chi connectivity index (χ0) is 17.1. The van der Waals surface area contributed by atoms with E-state index in [0.717, 1.165) is 22.6 Å². The number of anilines is 3. The Labute approximate surface area is 139 Å². The molecule has 0 aliphatic carbocycles. The standard InChI is InChI=1S/C17H17N5O2/c1-10-9-12(5-8-14(10)23)19-17-21-15(20-16(18)22-17)11-3-6-13(24-2)7-4-11/h3-9,23H,1-2H3,(H3,18,19,20,21,22). The predicted octanol–water partition coefficient (Wildman–Crippen LogP) is 2.89. The van der Waals surface area contributed by atoms with Gasteiger partial charge in [0, 0.05) is 11.3 Å². The van der Waals surface area contributed by atoms with Crippen LogP contribution in [0.2, 0.25) is 0 Å². The molecule has 0 spiro atoms. The fourth-order valence-electron chi connectivity index (χ4n) is 2.18. The molecule has 24 heavy (non-hydrogen) atoms. The smallest absolute Gasteiger partial charge is 0.232 e. The van der Waals surface area contributed by atoms with Crippen molar-refractivity contribution in [2.75, 3.05) is 18.2 Å². The molecule has 0 unspecified atom stereocenters. The van der Waals surface area contributed by atoms with Gasteiger partial charge in [0.05, 0.1) is 7.11 Å². The van der Waals surface area contributed by atoms with Gasteiger partial charge < -0.3 is 20.9 Å². The van der Waals surface area contributed by atoms with Gasteiger partial charge in [-0.05, 0) is 55.0 Å². The number of aromatic nitrogens is 3. The van der Waals surface area contributed by atoms with Crippen LogP contribution in [-0.2, 0) is 0 Å². The van der Waals surface area contributed by atoms with Crippen molar-refractivity contribution < 1.29 is 9.84 Å². The Kier molecular flexibility index (Phi) is 4.15. The summed E-state index contributed by atoms with van der Waals surface area (Å²) in [7, 11) is 1.61. The van der Waals surface area contributed by atoms with E-state index < -0.39 is 0 Å². The highest BCUT2D eigenvalue weighted by atomic mass is 16.5. The molecule has 1 heterocycles. The lowest BCUT2D eigenvalue weighted by molar-refractivity contribution is 0.415. The normalized spacial score (nSPS) is 10.4. The first-order valence-corrected chi connectivity index (χ1v) is 7.28. The molecule has 0 fully saturated rings. The van der Waals surface area contributed by atoms with Crippen molar-refractivity contribution in [3.05, 3.63) is 48.0 Å². The zero-order valence-corrected chi connectivity index (χ0v) is 13.3. The van der Waals surface area contributed by atoms with E-state index >= 15 is 0 Å².